The molecule has 1 aromatic carbocycles. The third-order valence-corrected chi connectivity index (χ3v) is 2.60. The van der Waals surface area contributed by atoms with Crippen LogP contribution in [0.2, 0.25) is 15.1 Å². The van der Waals surface area contributed by atoms with Crippen LogP contribution in [-0.4, -0.2) is 5.78 Å². The average Bonchev–Trinajstić information content (AvgIpc) is 2.11. The summed E-state index contributed by atoms with van der Waals surface area (Å²) in [5.41, 5.74) is 0.322. The smallest absolute Gasteiger partial charge is 0.187 e. The predicted molar refractivity (Wildman–Crippen MR) is 60.6 cm³/mol. The van der Waals surface area contributed by atoms with Crippen molar-refractivity contribution in [3.05, 3.63) is 44.9 Å². The summed E-state index contributed by atoms with van der Waals surface area (Å²) in [6.45, 7) is 1.75. The number of benzene rings is 1. The number of rotatable bonds is 2. The summed E-state index contributed by atoms with van der Waals surface area (Å²) >= 11 is 17.4. The summed E-state index contributed by atoms with van der Waals surface area (Å²) in [5.74, 6) is -0.207. The molecule has 4 heteroatoms. The maximum absolute atomic E-state index is 11.5. The van der Waals surface area contributed by atoms with E-state index in [0.717, 1.165) is 0 Å². The van der Waals surface area contributed by atoms with Crippen LogP contribution < -0.4 is 0 Å². The lowest BCUT2D eigenvalue weighted by Gasteiger charge is -2.02. The molecule has 0 aromatic heterocycles. The van der Waals surface area contributed by atoms with Crippen LogP contribution in [0.1, 0.15) is 17.3 Å². The second-order valence-corrected chi connectivity index (χ2v) is 3.84. The minimum absolute atomic E-state index is 0.207. The van der Waals surface area contributed by atoms with Crippen molar-refractivity contribution in [3.63, 3.8) is 0 Å². The molecule has 0 saturated heterocycles. The fraction of sp³-hybridized carbons (Fsp3) is 0.100. The summed E-state index contributed by atoms with van der Waals surface area (Å²) < 4.78 is 0. The van der Waals surface area contributed by atoms with Gasteiger partial charge in [0.15, 0.2) is 5.78 Å². The summed E-state index contributed by atoms with van der Waals surface area (Å²) in [6.07, 6.45) is 3.04. The van der Waals surface area contributed by atoms with Gasteiger partial charge in [-0.25, -0.2) is 0 Å². The van der Waals surface area contributed by atoms with Crippen LogP contribution in [-0.2, 0) is 0 Å². The summed E-state index contributed by atoms with van der Waals surface area (Å²) in [4.78, 5) is 11.5. The monoisotopic (exact) mass is 248 g/mol. The molecular formula is C10H7Cl3O. The summed E-state index contributed by atoms with van der Waals surface area (Å²) in [7, 11) is 0. The van der Waals surface area contributed by atoms with E-state index in [1.54, 1.807) is 13.0 Å². The molecule has 0 bridgehead atoms. The first-order chi connectivity index (χ1) is 6.56. The Balaban J connectivity index is 3.27. The number of carbonyl (C=O) groups is 1. The van der Waals surface area contributed by atoms with Gasteiger partial charge < -0.3 is 0 Å². The molecule has 0 aliphatic heterocycles. The molecule has 0 heterocycles. The first-order valence-corrected chi connectivity index (χ1v) is 5.01. The largest absolute Gasteiger partial charge is 0.289 e. The second-order valence-electron chi connectivity index (χ2n) is 2.61. The highest BCUT2D eigenvalue weighted by molar-refractivity contribution is 6.45. The van der Waals surface area contributed by atoms with Crippen molar-refractivity contribution >= 4 is 40.6 Å². The Morgan fingerprint density at radius 3 is 2.50 bits per heavy atom. The Bertz CT molecular complexity index is 397. The van der Waals surface area contributed by atoms with E-state index in [-0.39, 0.29) is 15.8 Å². The van der Waals surface area contributed by atoms with Crippen molar-refractivity contribution in [1.82, 2.24) is 0 Å². The van der Waals surface area contributed by atoms with E-state index in [2.05, 4.69) is 0 Å². The molecule has 0 spiro atoms. The number of allylic oxidation sites excluding steroid dienone is 2. The van der Waals surface area contributed by atoms with Gasteiger partial charge in [0.05, 0.1) is 10.0 Å². The first-order valence-electron chi connectivity index (χ1n) is 3.88. The highest BCUT2D eigenvalue weighted by atomic mass is 35.5. The molecule has 0 saturated carbocycles. The van der Waals surface area contributed by atoms with Crippen LogP contribution in [0.4, 0.5) is 0 Å². The zero-order valence-corrected chi connectivity index (χ0v) is 9.62. The minimum Gasteiger partial charge on any atom is -0.289 e. The molecule has 1 aromatic rings. The third-order valence-electron chi connectivity index (χ3n) is 1.58. The third kappa shape index (κ3) is 2.50. The maximum atomic E-state index is 11.5. The topological polar surface area (TPSA) is 17.1 Å². The van der Waals surface area contributed by atoms with Crippen LogP contribution >= 0.6 is 34.8 Å². The van der Waals surface area contributed by atoms with E-state index in [0.29, 0.717) is 10.6 Å². The number of carbonyl (C=O) groups excluding carboxylic acids is 1. The van der Waals surface area contributed by atoms with Crippen LogP contribution in [0.15, 0.2) is 24.3 Å². The Labute approximate surface area is 97.3 Å². The Hall–Kier alpha value is -0.500. The predicted octanol–water partition coefficient (Wildman–Crippen LogP) is 4.41. The Kier molecular flexibility index (Phi) is 3.99. The van der Waals surface area contributed by atoms with Crippen LogP contribution in [0.3, 0.4) is 0 Å². The number of hydrogen-bond acceptors (Lipinski definition) is 1. The van der Waals surface area contributed by atoms with Gasteiger partial charge in [-0.1, -0.05) is 40.9 Å². The lowest BCUT2D eigenvalue weighted by Crippen LogP contribution is -1.95. The van der Waals surface area contributed by atoms with Crippen molar-refractivity contribution in [2.24, 2.45) is 0 Å². The molecule has 14 heavy (non-hydrogen) atoms. The minimum atomic E-state index is -0.207. The zero-order valence-electron chi connectivity index (χ0n) is 7.35. The van der Waals surface area contributed by atoms with Crippen LogP contribution in [0.5, 0.6) is 0 Å². The molecule has 0 aliphatic rings. The van der Waals surface area contributed by atoms with Gasteiger partial charge in [-0.15, -0.1) is 0 Å². The number of ketones is 1. The van der Waals surface area contributed by atoms with E-state index < -0.39 is 0 Å². The molecule has 0 aliphatic carbocycles. The van der Waals surface area contributed by atoms with Gasteiger partial charge in [0, 0.05) is 10.6 Å². The van der Waals surface area contributed by atoms with Crippen molar-refractivity contribution < 1.29 is 4.79 Å². The zero-order chi connectivity index (χ0) is 10.7. The number of halogens is 3. The fourth-order valence-corrected chi connectivity index (χ4v) is 1.67. The quantitative estimate of drug-likeness (QED) is 0.431. The van der Waals surface area contributed by atoms with E-state index in [1.165, 1.54) is 18.2 Å². The van der Waals surface area contributed by atoms with Gasteiger partial charge in [-0.2, -0.15) is 0 Å². The highest BCUT2D eigenvalue weighted by Crippen LogP contribution is 2.30. The SMILES string of the molecule is CC=CC(=O)c1cc(Cl)cc(Cl)c1Cl. The standard InChI is InChI=1S/C10H7Cl3O/c1-2-3-9(14)7-4-6(11)5-8(12)10(7)13/h2-5H,1H3. The normalized spacial score (nSPS) is 10.9. The fourth-order valence-electron chi connectivity index (χ4n) is 0.976. The molecule has 0 atom stereocenters. The van der Waals surface area contributed by atoms with Crippen molar-refractivity contribution in [2.45, 2.75) is 6.92 Å². The molecule has 0 radical (unpaired) electrons. The molecular weight excluding hydrogens is 242 g/mol. The lowest BCUT2D eigenvalue weighted by molar-refractivity contribution is 0.104. The molecule has 1 rings (SSSR count). The lowest BCUT2D eigenvalue weighted by atomic mass is 10.1. The van der Waals surface area contributed by atoms with E-state index in [1.807, 2.05) is 0 Å². The summed E-state index contributed by atoms with van der Waals surface area (Å²) in [6, 6.07) is 3.00. The van der Waals surface area contributed by atoms with Gasteiger partial charge in [0.2, 0.25) is 0 Å². The molecule has 0 N–H and O–H groups in total. The molecule has 0 unspecified atom stereocenters. The second kappa shape index (κ2) is 4.83. The van der Waals surface area contributed by atoms with Gasteiger partial charge in [-0.05, 0) is 25.1 Å². The van der Waals surface area contributed by atoms with Gasteiger partial charge in [0.1, 0.15) is 0 Å². The van der Waals surface area contributed by atoms with Crippen LogP contribution in [0, 0.1) is 0 Å². The van der Waals surface area contributed by atoms with E-state index in [9.17, 15) is 4.79 Å². The Morgan fingerprint density at radius 1 is 1.29 bits per heavy atom. The number of hydrogen-bond donors (Lipinski definition) is 0. The van der Waals surface area contributed by atoms with Crippen LogP contribution in [0.25, 0.3) is 0 Å². The molecule has 74 valence electrons. The van der Waals surface area contributed by atoms with Crippen molar-refractivity contribution in [1.29, 1.82) is 0 Å². The summed E-state index contributed by atoms with van der Waals surface area (Å²) in [5, 5.41) is 0.915. The first kappa shape index (κ1) is 11.6. The molecule has 1 nitrogen and oxygen atoms in total. The Morgan fingerprint density at radius 2 is 1.93 bits per heavy atom. The van der Waals surface area contributed by atoms with Gasteiger partial charge in [-0.3, -0.25) is 4.79 Å². The molecule has 0 fully saturated rings. The molecule has 0 amide bonds. The van der Waals surface area contributed by atoms with E-state index in [4.69, 9.17) is 34.8 Å². The van der Waals surface area contributed by atoms with Gasteiger partial charge >= 0.3 is 0 Å². The maximum Gasteiger partial charge on any atom is 0.187 e. The van der Waals surface area contributed by atoms with Crippen molar-refractivity contribution in [3.8, 4) is 0 Å². The van der Waals surface area contributed by atoms with Crippen molar-refractivity contribution in [2.75, 3.05) is 0 Å². The van der Waals surface area contributed by atoms with E-state index >= 15 is 0 Å². The average molecular weight is 250 g/mol. The van der Waals surface area contributed by atoms with Gasteiger partial charge in [0.25, 0.3) is 0 Å². The highest BCUT2D eigenvalue weighted by Gasteiger charge is 2.11.